The summed E-state index contributed by atoms with van der Waals surface area (Å²) in [5.41, 5.74) is 5.43. The lowest BCUT2D eigenvalue weighted by Gasteiger charge is -2.27. The number of carbonyl (C=O) groups is 1. The molecule has 1 heterocycles. The summed E-state index contributed by atoms with van der Waals surface area (Å²) in [4.78, 5) is 13.8. The standard InChI is InChI=1S/C12H24N2O2.ClH/c1-4-14(9-10-6-5-7-16-10)11(15)8-12(2,3)13;/h10H,4-9,13H2,1-3H3;1H. The summed E-state index contributed by atoms with van der Waals surface area (Å²) in [5.74, 6) is 0.130. The van der Waals surface area contributed by atoms with E-state index in [4.69, 9.17) is 10.5 Å². The van der Waals surface area contributed by atoms with Crippen molar-refractivity contribution in [3.63, 3.8) is 0 Å². The van der Waals surface area contributed by atoms with E-state index in [1.54, 1.807) is 0 Å². The van der Waals surface area contributed by atoms with Gasteiger partial charge in [-0.2, -0.15) is 0 Å². The molecule has 0 radical (unpaired) electrons. The number of halogens is 1. The van der Waals surface area contributed by atoms with E-state index in [0.29, 0.717) is 13.0 Å². The highest BCUT2D eigenvalue weighted by Gasteiger charge is 2.24. The minimum absolute atomic E-state index is 0. The summed E-state index contributed by atoms with van der Waals surface area (Å²) in [6.45, 7) is 8.03. The van der Waals surface area contributed by atoms with Crippen LogP contribution in [0.2, 0.25) is 0 Å². The number of likely N-dealkylation sites (N-methyl/N-ethyl adjacent to an activating group) is 1. The summed E-state index contributed by atoms with van der Waals surface area (Å²) >= 11 is 0. The molecule has 4 nitrogen and oxygen atoms in total. The van der Waals surface area contributed by atoms with Gasteiger partial charge in [0.15, 0.2) is 0 Å². The van der Waals surface area contributed by atoms with Crippen LogP contribution in [0.4, 0.5) is 0 Å². The number of hydrogen-bond acceptors (Lipinski definition) is 3. The van der Waals surface area contributed by atoms with Gasteiger partial charge in [-0.3, -0.25) is 4.79 Å². The molecule has 0 saturated carbocycles. The Labute approximate surface area is 110 Å². The first-order chi connectivity index (χ1) is 7.42. The Morgan fingerprint density at radius 1 is 1.53 bits per heavy atom. The number of amides is 1. The molecule has 0 bridgehead atoms. The fraction of sp³-hybridized carbons (Fsp3) is 0.917. The lowest BCUT2D eigenvalue weighted by Crippen LogP contribution is -2.43. The van der Waals surface area contributed by atoms with Gasteiger partial charge < -0.3 is 15.4 Å². The van der Waals surface area contributed by atoms with E-state index in [2.05, 4.69) is 0 Å². The monoisotopic (exact) mass is 264 g/mol. The highest BCUT2D eigenvalue weighted by Crippen LogP contribution is 2.15. The average molecular weight is 265 g/mol. The maximum Gasteiger partial charge on any atom is 0.224 e. The molecule has 1 aliphatic heterocycles. The van der Waals surface area contributed by atoms with Crippen LogP contribution in [0.15, 0.2) is 0 Å². The molecule has 0 aromatic carbocycles. The quantitative estimate of drug-likeness (QED) is 0.820. The molecule has 1 unspecified atom stereocenters. The molecule has 0 aromatic rings. The summed E-state index contributed by atoms with van der Waals surface area (Å²) < 4.78 is 5.54. The normalized spacial score (nSPS) is 19.9. The third-order valence-electron chi connectivity index (χ3n) is 2.79. The lowest BCUT2D eigenvalue weighted by atomic mass is 10.0. The van der Waals surface area contributed by atoms with E-state index in [1.807, 2.05) is 25.7 Å². The Morgan fingerprint density at radius 3 is 2.59 bits per heavy atom. The zero-order valence-corrected chi connectivity index (χ0v) is 11.9. The summed E-state index contributed by atoms with van der Waals surface area (Å²) in [7, 11) is 0. The Kier molecular flexibility index (Phi) is 7.05. The lowest BCUT2D eigenvalue weighted by molar-refractivity contribution is -0.133. The first kappa shape index (κ1) is 16.7. The second-order valence-corrected chi connectivity index (χ2v) is 5.23. The minimum Gasteiger partial charge on any atom is -0.376 e. The first-order valence-corrected chi connectivity index (χ1v) is 6.10. The van der Waals surface area contributed by atoms with Crippen LogP contribution in [-0.2, 0) is 9.53 Å². The predicted octanol–water partition coefficient (Wildman–Crippen LogP) is 1.56. The number of hydrogen-bond donors (Lipinski definition) is 1. The average Bonchev–Trinajstić information content (AvgIpc) is 2.63. The topological polar surface area (TPSA) is 55.6 Å². The van der Waals surface area contributed by atoms with E-state index in [9.17, 15) is 4.79 Å². The predicted molar refractivity (Wildman–Crippen MR) is 71.4 cm³/mol. The molecule has 0 aromatic heterocycles. The van der Waals surface area contributed by atoms with Gasteiger partial charge in [-0.15, -0.1) is 12.4 Å². The molecule has 2 N–H and O–H groups in total. The number of nitrogens with zero attached hydrogens (tertiary/aromatic N) is 1. The van der Waals surface area contributed by atoms with E-state index in [0.717, 1.165) is 26.0 Å². The van der Waals surface area contributed by atoms with Crippen LogP contribution < -0.4 is 5.73 Å². The maximum atomic E-state index is 12.0. The smallest absolute Gasteiger partial charge is 0.224 e. The Balaban J connectivity index is 0.00000256. The molecule has 17 heavy (non-hydrogen) atoms. The fourth-order valence-electron chi connectivity index (χ4n) is 1.94. The number of carbonyl (C=O) groups excluding carboxylic acids is 1. The van der Waals surface area contributed by atoms with Gasteiger partial charge >= 0.3 is 0 Å². The van der Waals surface area contributed by atoms with Gasteiger partial charge in [0.05, 0.1) is 6.10 Å². The molecule has 0 aliphatic carbocycles. The number of ether oxygens (including phenoxy) is 1. The zero-order valence-electron chi connectivity index (χ0n) is 11.1. The highest BCUT2D eigenvalue weighted by molar-refractivity contribution is 5.85. The van der Waals surface area contributed by atoms with E-state index < -0.39 is 5.54 Å². The zero-order chi connectivity index (χ0) is 12.2. The summed E-state index contributed by atoms with van der Waals surface area (Å²) in [5, 5.41) is 0. The van der Waals surface area contributed by atoms with E-state index in [1.165, 1.54) is 0 Å². The number of rotatable bonds is 5. The molecule has 1 atom stereocenters. The van der Waals surface area contributed by atoms with Crippen LogP contribution in [0.5, 0.6) is 0 Å². The molecule has 5 heteroatoms. The third kappa shape index (κ3) is 6.24. The van der Waals surface area contributed by atoms with Gasteiger partial charge in [0, 0.05) is 31.7 Å². The molecule has 102 valence electrons. The SMILES string of the molecule is CCN(CC1CCCO1)C(=O)CC(C)(C)N.Cl. The highest BCUT2D eigenvalue weighted by atomic mass is 35.5. The van der Waals surface area contributed by atoms with Crippen LogP contribution in [0.25, 0.3) is 0 Å². The molecule has 0 spiro atoms. The van der Waals surface area contributed by atoms with Crippen LogP contribution in [0, 0.1) is 0 Å². The second-order valence-electron chi connectivity index (χ2n) is 5.23. The van der Waals surface area contributed by atoms with Crippen LogP contribution >= 0.6 is 12.4 Å². The van der Waals surface area contributed by atoms with Crippen molar-refractivity contribution in [2.75, 3.05) is 19.7 Å². The van der Waals surface area contributed by atoms with Gasteiger partial charge in [-0.05, 0) is 33.6 Å². The van der Waals surface area contributed by atoms with Crippen molar-refractivity contribution in [3.05, 3.63) is 0 Å². The molecule has 1 saturated heterocycles. The number of nitrogens with two attached hydrogens (primary N) is 1. The fourth-order valence-corrected chi connectivity index (χ4v) is 1.94. The van der Waals surface area contributed by atoms with Crippen molar-refractivity contribution < 1.29 is 9.53 Å². The maximum absolute atomic E-state index is 12.0. The van der Waals surface area contributed by atoms with Gasteiger partial charge in [0.25, 0.3) is 0 Å². The van der Waals surface area contributed by atoms with Crippen molar-refractivity contribution in [2.24, 2.45) is 5.73 Å². The van der Waals surface area contributed by atoms with E-state index >= 15 is 0 Å². The van der Waals surface area contributed by atoms with Crippen molar-refractivity contribution in [1.29, 1.82) is 0 Å². The molecule has 1 aliphatic rings. The molecule has 1 rings (SSSR count). The molecular weight excluding hydrogens is 240 g/mol. The van der Waals surface area contributed by atoms with Crippen molar-refractivity contribution in [1.82, 2.24) is 4.90 Å². The van der Waals surface area contributed by atoms with Crippen LogP contribution in [0.1, 0.15) is 40.0 Å². The third-order valence-corrected chi connectivity index (χ3v) is 2.79. The Morgan fingerprint density at radius 2 is 2.18 bits per heavy atom. The first-order valence-electron chi connectivity index (χ1n) is 6.10. The van der Waals surface area contributed by atoms with Crippen LogP contribution in [0.3, 0.4) is 0 Å². The van der Waals surface area contributed by atoms with Crippen molar-refractivity contribution in [3.8, 4) is 0 Å². The second kappa shape index (κ2) is 7.19. The molecule has 1 amide bonds. The summed E-state index contributed by atoms with van der Waals surface area (Å²) in [6.07, 6.45) is 2.80. The van der Waals surface area contributed by atoms with Crippen molar-refractivity contribution in [2.45, 2.75) is 51.7 Å². The molecule has 1 fully saturated rings. The van der Waals surface area contributed by atoms with Gasteiger partial charge in [-0.25, -0.2) is 0 Å². The Hall–Kier alpha value is -0.320. The van der Waals surface area contributed by atoms with Gasteiger partial charge in [-0.1, -0.05) is 0 Å². The van der Waals surface area contributed by atoms with Gasteiger partial charge in [0.2, 0.25) is 5.91 Å². The van der Waals surface area contributed by atoms with Crippen LogP contribution in [-0.4, -0.2) is 42.1 Å². The molecular formula is C12H25ClN2O2. The Bertz CT molecular complexity index is 235. The van der Waals surface area contributed by atoms with Crippen molar-refractivity contribution >= 4 is 18.3 Å². The summed E-state index contributed by atoms with van der Waals surface area (Å²) in [6, 6.07) is 0. The van der Waals surface area contributed by atoms with Gasteiger partial charge in [0.1, 0.15) is 0 Å². The largest absolute Gasteiger partial charge is 0.376 e. The van der Waals surface area contributed by atoms with E-state index in [-0.39, 0.29) is 24.4 Å². The minimum atomic E-state index is -0.430.